The number of rotatable bonds is 5. The maximum absolute atomic E-state index is 5.30. The molecule has 1 unspecified atom stereocenters. The molecule has 0 saturated carbocycles. The molecular formula is C14H21O. The van der Waals surface area contributed by atoms with Gasteiger partial charge in [-0.3, -0.25) is 0 Å². The first-order valence-corrected chi connectivity index (χ1v) is 5.68. The lowest BCUT2D eigenvalue weighted by atomic mass is 9.98. The van der Waals surface area contributed by atoms with Crippen LogP contribution in [0.3, 0.4) is 0 Å². The highest BCUT2D eigenvalue weighted by molar-refractivity contribution is 5.36. The molecule has 0 aromatic heterocycles. The Labute approximate surface area is 93.5 Å². The topological polar surface area (TPSA) is 9.23 Å². The van der Waals surface area contributed by atoms with E-state index in [0.717, 1.165) is 12.2 Å². The molecule has 1 heteroatoms. The first-order chi connectivity index (χ1) is 7.17. The Morgan fingerprint density at radius 3 is 2.60 bits per heavy atom. The van der Waals surface area contributed by atoms with Crippen molar-refractivity contribution in [2.24, 2.45) is 0 Å². The number of aryl methyl sites for hydroxylation is 1. The molecule has 1 radical (unpaired) electrons. The summed E-state index contributed by atoms with van der Waals surface area (Å²) in [5.74, 6) is 1.27. The lowest BCUT2D eigenvalue weighted by Gasteiger charge is -2.11. The van der Waals surface area contributed by atoms with Crippen molar-refractivity contribution in [1.29, 1.82) is 0 Å². The van der Waals surface area contributed by atoms with E-state index in [0.29, 0.717) is 5.92 Å². The second kappa shape index (κ2) is 5.79. The lowest BCUT2D eigenvalue weighted by molar-refractivity contribution is 0.413. The van der Waals surface area contributed by atoms with Gasteiger partial charge in [0.2, 0.25) is 0 Å². The molecule has 0 aliphatic carbocycles. The average molecular weight is 205 g/mol. The van der Waals surface area contributed by atoms with Gasteiger partial charge in [-0.05, 0) is 48.9 Å². The Kier molecular flexibility index (Phi) is 4.67. The van der Waals surface area contributed by atoms with Crippen LogP contribution in [0.25, 0.3) is 0 Å². The van der Waals surface area contributed by atoms with E-state index >= 15 is 0 Å². The molecule has 0 bridgehead atoms. The number of ether oxygens (including phenoxy) is 1. The van der Waals surface area contributed by atoms with Crippen molar-refractivity contribution in [2.75, 3.05) is 7.11 Å². The van der Waals surface area contributed by atoms with Crippen molar-refractivity contribution < 1.29 is 4.74 Å². The monoisotopic (exact) mass is 205 g/mol. The summed E-state index contributed by atoms with van der Waals surface area (Å²) < 4.78 is 5.30. The molecule has 1 nitrogen and oxygen atoms in total. The van der Waals surface area contributed by atoms with Crippen LogP contribution in [0, 0.1) is 6.92 Å². The summed E-state index contributed by atoms with van der Waals surface area (Å²) in [6.45, 7) is 8.37. The van der Waals surface area contributed by atoms with Crippen LogP contribution in [0.4, 0.5) is 0 Å². The smallest absolute Gasteiger partial charge is 0.119 e. The van der Waals surface area contributed by atoms with Gasteiger partial charge in [-0.15, -0.1) is 0 Å². The van der Waals surface area contributed by atoms with Crippen LogP contribution in [0.2, 0.25) is 0 Å². The minimum absolute atomic E-state index is 0.320. The fraction of sp³-hybridized carbons (Fsp3) is 0.500. The minimum Gasteiger partial charge on any atom is -0.497 e. The van der Waals surface area contributed by atoms with Crippen LogP contribution in [0.15, 0.2) is 18.2 Å². The molecule has 0 N–H and O–H groups in total. The third kappa shape index (κ3) is 3.58. The fourth-order valence-corrected chi connectivity index (χ4v) is 1.61. The Hall–Kier alpha value is -0.980. The molecule has 1 rings (SSSR count). The molecule has 1 aromatic carbocycles. The molecular weight excluding hydrogens is 184 g/mol. The van der Waals surface area contributed by atoms with E-state index in [1.165, 1.54) is 24.0 Å². The summed E-state index contributed by atoms with van der Waals surface area (Å²) in [5.41, 5.74) is 2.63. The van der Waals surface area contributed by atoms with Crippen LogP contribution in [0.5, 0.6) is 5.75 Å². The predicted molar refractivity (Wildman–Crippen MR) is 65.4 cm³/mol. The van der Waals surface area contributed by atoms with E-state index in [2.05, 4.69) is 39.0 Å². The summed E-state index contributed by atoms with van der Waals surface area (Å²) in [6.07, 6.45) is 3.60. The second-order valence-electron chi connectivity index (χ2n) is 4.12. The van der Waals surface area contributed by atoms with Crippen LogP contribution in [-0.2, 0) is 6.42 Å². The van der Waals surface area contributed by atoms with E-state index in [1.807, 2.05) is 0 Å². The number of unbranched alkanes of at least 4 members (excludes halogenated alkanes) is 1. The molecule has 15 heavy (non-hydrogen) atoms. The summed E-state index contributed by atoms with van der Waals surface area (Å²) >= 11 is 0. The van der Waals surface area contributed by atoms with Crippen LogP contribution in [-0.4, -0.2) is 7.11 Å². The van der Waals surface area contributed by atoms with Gasteiger partial charge < -0.3 is 4.74 Å². The summed E-state index contributed by atoms with van der Waals surface area (Å²) in [5, 5.41) is 0. The zero-order valence-corrected chi connectivity index (χ0v) is 10.0. The second-order valence-corrected chi connectivity index (χ2v) is 4.12. The maximum Gasteiger partial charge on any atom is 0.119 e. The van der Waals surface area contributed by atoms with Gasteiger partial charge in [0, 0.05) is 0 Å². The normalized spacial score (nSPS) is 10.7. The summed E-state index contributed by atoms with van der Waals surface area (Å²) in [6, 6.07) is 6.45. The van der Waals surface area contributed by atoms with Crippen molar-refractivity contribution in [1.82, 2.24) is 0 Å². The van der Waals surface area contributed by atoms with Crippen molar-refractivity contribution in [3.63, 3.8) is 0 Å². The Morgan fingerprint density at radius 2 is 2.07 bits per heavy atom. The SMILES string of the molecule is [CH2]C(C)c1cc(CCCC)cc(OC)c1. The van der Waals surface area contributed by atoms with Crippen molar-refractivity contribution in [3.8, 4) is 5.75 Å². The van der Waals surface area contributed by atoms with Gasteiger partial charge in [-0.2, -0.15) is 0 Å². The minimum atomic E-state index is 0.320. The molecule has 1 aromatic rings. The van der Waals surface area contributed by atoms with Gasteiger partial charge in [-0.25, -0.2) is 0 Å². The molecule has 0 saturated heterocycles. The zero-order valence-electron chi connectivity index (χ0n) is 10.0. The Bertz CT molecular complexity index is 302. The third-order valence-electron chi connectivity index (χ3n) is 2.61. The largest absolute Gasteiger partial charge is 0.497 e. The van der Waals surface area contributed by atoms with Crippen molar-refractivity contribution in [2.45, 2.75) is 39.0 Å². The lowest BCUT2D eigenvalue weighted by Crippen LogP contribution is -1.94. The molecule has 0 amide bonds. The fourth-order valence-electron chi connectivity index (χ4n) is 1.61. The molecule has 0 aliphatic rings. The predicted octanol–water partition coefficient (Wildman–Crippen LogP) is 3.98. The van der Waals surface area contributed by atoms with Gasteiger partial charge in [0.05, 0.1) is 7.11 Å². The quantitative estimate of drug-likeness (QED) is 0.706. The number of benzene rings is 1. The van der Waals surface area contributed by atoms with Gasteiger partial charge in [0.1, 0.15) is 5.75 Å². The first-order valence-electron chi connectivity index (χ1n) is 5.68. The molecule has 83 valence electrons. The third-order valence-corrected chi connectivity index (χ3v) is 2.61. The highest BCUT2D eigenvalue weighted by Gasteiger charge is 2.04. The standard InChI is InChI=1S/C14H21O/c1-5-6-7-12-8-13(11(2)3)10-14(9-12)15-4/h8-11H,2,5-7H2,1,3-4H3. The first kappa shape index (κ1) is 12.1. The zero-order chi connectivity index (χ0) is 11.3. The molecule has 0 heterocycles. The number of hydrogen-bond donors (Lipinski definition) is 0. The molecule has 0 fully saturated rings. The number of methoxy groups -OCH3 is 1. The van der Waals surface area contributed by atoms with Gasteiger partial charge in [0.25, 0.3) is 0 Å². The van der Waals surface area contributed by atoms with Gasteiger partial charge in [0.15, 0.2) is 0 Å². The highest BCUT2D eigenvalue weighted by Crippen LogP contribution is 2.23. The Balaban J connectivity index is 2.90. The Morgan fingerprint density at radius 1 is 1.33 bits per heavy atom. The van der Waals surface area contributed by atoms with Crippen molar-refractivity contribution in [3.05, 3.63) is 36.2 Å². The van der Waals surface area contributed by atoms with Crippen LogP contribution >= 0.6 is 0 Å². The van der Waals surface area contributed by atoms with E-state index in [1.54, 1.807) is 7.11 Å². The average Bonchev–Trinajstić information content (AvgIpc) is 2.25. The van der Waals surface area contributed by atoms with Crippen molar-refractivity contribution >= 4 is 0 Å². The van der Waals surface area contributed by atoms with E-state index < -0.39 is 0 Å². The highest BCUT2D eigenvalue weighted by atomic mass is 16.5. The molecule has 1 atom stereocenters. The van der Waals surface area contributed by atoms with Gasteiger partial charge >= 0.3 is 0 Å². The number of hydrogen-bond acceptors (Lipinski definition) is 1. The molecule has 0 aliphatic heterocycles. The van der Waals surface area contributed by atoms with Crippen LogP contribution in [0.1, 0.15) is 43.7 Å². The van der Waals surface area contributed by atoms with E-state index in [-0.39, 0.29) is 0 Å². The van der Waals surface area contributed by atoms with Crippen LogP contribution < -0.4 is 4.74 Å². The molecule has 0 spiro atoms. The summed E-state index contributed by atoms with van der Waals surface area (Å²) in [7, 11) is 1.72. The van der Waals surface area contributed by atoms with E-state index in [9.17, 15) is 0 Å². The summed E-state index contributed by atoms with van der Waals surface area (Å²) in [4.78, 5) is 0. The van der Waals surface area contributed by atoms with E-state index in [4.69, 9.17) is 4.74 Å². The van der Waals surface area contributed by atoms with Gasteiger partial charge in [-0.1, -0.05) is 26.3 Å². The maximum atomic E-state index is 5.30.